The van der Waals surface area contributed by atoms with Gasteiger partial charge in [0.1, 0.15) is 0 Å². The predicted octanol–water partition coefficient (Wildman–Crippen LogP) is 3.31. The van der Waals surface area contributed by atoms with E-state index in [2.05, 4.69) is 43.1 Å². The van der Waals surface area contributed by atoms with Crippen LogP contribution in [0.2, 0.25) is 5.02 Å². The van der Waals surface area contributed by atoms with Gasteiger partial charge in [0.15, 0.2) is 0 Å². The molecule has 1 aromatic carbocycles. The summed E-state index contributed by atoms with van der Waals surface area (Å²) in [5, 5.41) is 4.11. The maximum atomic E-state index is 6.42. The van der Waals surface area contributed by atoms with Crippen molar-refractivity contribution in [1.29, 1.82) is 0 Å². The van der Waals surface area contributed by atoms with Crippen molar-refractivity contribution >= 4 is 17.3 Å². The largest absolute Gasteiger partial charge is 0.383 e. The molecule has 1 rings (SSSR count). The van der Waals surface area contributed by atoms with Crippen molar-refractivity contribution in [1.82, 2.24) is 5.32 Å². The van der Waals surface area contributed by atoms with E-state index in [-0.39, 0.29) is 0 Å². The molecule has 0 aliphatic heterocycles. The van der Waals surface area contributed by atoms with Crippen molar-refractivity contribution < 1.29 is 4.74 Å². The third-order valence-electron chi connectivity index (χ3n) is 3.18. The summed E-state index contributed by atoms with van der Waals surface area (Å²) in [4.78, 5) is 2.27. The van der Waals surface area contributed by atoms with Crippen LogP contribution in [0.5, 0.6) is 0 Å². The summed E-state index contributed by atoms with van der Waals surface area (Å²) < 4.78 is 5.23. The quantitative estimate of drug-likeness (QED) is 0.793. The minimum Gasteiger partial charge on any atom is -0.383 e. The number of hydrogen-bond acceptors (Lipinski definition) is 3. The lowest BCUT2D eigenvalue weighted by Crippen LogP contribution is -2.36. The van der Waals surface area contributed by atoms with Crippen LogP contribution < -0.4 is 10.2 Å². The topological polar surface area (TPSA) is 24.5 Å². The van der Waals surface area contributed by atoms with Gasteiger partial charge >= 0.3 is 0 Å². The average Bonchev–Trinajstić information content (AvgIpc) is 2.39. The zero-order chi connectivity index (χ0) is 14.3. The van der Waals surface area contributed by atoms with Crippen LogP contribution in [0.25, 0.3) is 0 Å². The number of hydrogen-bond donors (Lipinski definition) is 1. The summed E-state index contributed by atoms with van der Waals surface area (Å²) in [6.45, 7) is 9.81. The third kappa shape index (κ3) is 4.68. The Bertz CT molecular complexity index is 384. The first-order chi connectivity index (χ1) is 9.13. The number of methoxy groups -OCH3 is 1. The monoisotopic (exact) mass is 284 g/mol. The minimum atomic E-state index is 0.312. The molecule has 0 fully saturated rings. The van der Waals surface area contributed by atoms with E-state index in [0.29, 0.717) is 12.6 Å². The van der Waals surface area contributed by atoms with Crippen LogP contribution in [0.1, 0.15) is 26.3 Å². The molecule has 108 valence electrons. The Hall–Kier alpha value is -0.770. The Labute approximate surface area is 121 Å². The molecule has 0 radical (unpaired) electrons. The van der Waals surface area contributed by atoms with Gasteiger partial charge in [-0.3, -0.25) is 0 Å². The van der Waals surface area contributed by atoms with E-state index in [9.17, 15) is 0 Å². The lowest BCUT2D eigenvalue weighted by Gasteiger charge is -2.30. The second-order valence-electron chi connectivity index (χ2n) is 4.66. The molecule has 0 amide bonds. The smallest absolute Gasteiger partial charge is 0.0663 e. The number of nitrogens with one attached hydrogen (secondary N) is 1. The number of anilines is 1. The summed E-state index contributed by atoms with van der Waals surface area (Å²) in [7, 11) is 1.73. The number of ether oxygens (including phenoxy) is 1. The summed E-state index contributed by atoms with van der Waals surface area (Å²) in [6, 6.07) is 6.59. The summed E-state index contributed by atoms with van der Waals surface area (Å²) in [6.07, 6.45) is 0. The first-order valence-electron chi connectivity index (χ1n) is 6.88. The Morgan fingerprint density at radius 2 is 2.11 bits per heavy atom. The highest BCUT2D eigenvalue weighted by molar-refractivity contribution is 6.33. The predicted molar refractivity (Wildman–Crippen MR) is 83.2 cm³/mol. The highest BCUT2D eigenvalue weighted by Gasteiger charge is 2.15. The van der Waals surface area contributed by atoms with Gasteiger partial charge in [0.25, 0.3) is 0 Å². The molecule has 1 unspecified atom stereocenters. The fourth-order valence-electron chi connectivity index (χ4n) is 2.21. The molecule has 19 heavy (non-hydrogen) atoms. The molecule has 1 atom stereocenters. The molecule has 0 saturated carbocycles. The molecule has 0 spiro atoms. The first kappa shape index (κ1) is 16.3. The lowest BCUT2D eigenvalue weighted by atomic mass is 10.1. The standard InChI is InChI=1S/C15H25ClN2O/c1-5-17-10-13-7-8-15(14(16)9-13)18(6-2)12(3)11-19-4/h7-9,12,17H,5-6,10-11H2,1-4H3. The Morgan fingerprint density at radius 1 is 1.37 bits per heavy atom. The van der Waals surface area contributed by atoms with Crippen molar-refractivity contribution in [2.24, 2.45) is 0 Å². The molecular weight excluding hydrogens is 260 g/mol. The zero-order valence-corrected chi connectivity index (χ0v) is 13.1. The SMILES string of the molecule is CCNCc1ccc(N(CC)C(C)COC)c(Cl)c1. The molecule has 0 bridgehead atoms. The second-order valence-corrected chi connectivity index (χ2v) is 5.06. The van der Waals surface area contributed by atoms with Crippen LogP contribution in [0.3, 0.4) is 0 Å². The zero-order valence-electron chi connectivity index (χ0n) is 12.4. The van der Waals surface area contributed by atoms with Crippen LogP contribution in [0.15, 0.2) is 18.2 Å². The minimum absolute atomic E-state index is 0.312. The van der Waals surface area contributed by atoms with Crippen LogP contribution in [-0.4, -0.2) is 32.8 Å². The Kier molecular flexibility index (Phi) is 7.21. The van der Waals surface area contributed by atoms with E-state index in [1.165, 1.54) is 5.56 Å². The molecule has 1 aromatic rings. The van der Waals surface area contributed by atoms with Gasteiger partial charge in [-0.05, 0) is 38.1 Å². The van der Waals surface area contributed by atoms with E-state index in [0.717, 1.165) is 30.3 Å². The summed E-state index contributed by atoms with van der Waals surface area (Å²) in [5.41, 5.74) is 2.29. The average molecular weight is 285 g/mol. The van der Waals surface area contributed by atoms with Gasteiger partial charge in [-0.25, -0.2) is 0 Å². The summed E-state index contributed by atoms with van der Waals surface area (Å²) in [5.74, 6) is 0. The van der Waals surface area contributed by atoms with E-state index in [4.69, 9.17) is 16.3 Å². The molecule has 1 N–H and O–H groups in total. The van der Waals surface area contributed by atoms with Crippen molar-refractivity contribution in [3.8, 4) is 0 Å². The second kappa shape index (κ2) is 8.41. The van der Waals surface area contributed by atoms with Gasteiger partial charge < -0.3 is 15.0 Å². The number of halogens is 1. The Balaban J connectivity index is 2.86. The molecule has 0 heterocycles. The number of nitrogens with zero attached hydrogens (tertiary/aromatic N) is 1. The van der Waals surface area contributed by atoms with Crippen LogP contribution in [0, 0.1) is 0 Å². The molecule has 4 heteroatoms. The fourth-order valence-corrected chi connectivity index (χ4v) is 2.52. The van der Waals surface area contributed by atoms with E-state index < -0.39 is 0 Å². The maximum Gasteiger partial charge on any atom is 0.0663 e. The van der Waals surface area contributed by atoms with E-state index in [1.807, 2.05) is 6.07 Å². The van der Waals surface area contributed by atoms with E-state index >= 15 is 0 Å². The first-order valence-corrected chi connectivity index (χ1v) is 7.26. The van der Waals surface area contributed by atoms with Crippen LogP contribution in [0.4, 0.5) is 5.69 Å². The van der Waals surface area contributed by atoms with Crippen LogP contribution in [-0.2, 0) is 11.3 Å². The maximum absolute atomic E-state index is 6.42. The van der Waals surface area contributed by atoms with E-state index in [1.54, 1.807) is 7.11 Å². The molecule has 0 aromatic heterocycles. The molecule has 0 aliphatic carbocycles. The van der Waals surface area contributed by atoms with Crippen molar-refractivity contribution in [3.63, 3.8) is 0 Å². The van der Waals surface area contributed by atoms with Crippen LogP contribution >= 0.6 is 11.6 Å². The Morgan fingerprint density at radius 3 is 2.63 bits per heavy atom. The molecule has 0 aliphatic rings. The molecule has 0 saturated heterocycles. The van der Waals surface area contributed by atoms with Gasteiger partial charge in [0, 0.05) is 26.2 Å². The normalized spacial score (nSPS) is 12.5. The highest BCUT2D eigenvalue weighted by atomic mass is 35.5. The van der Waals surface area contributed by atoms with Crippen molar-refractivity contribution in [2.75, 3.05) is 31.7 Å². The van der Waals surface area contributed by atoms with Gasteiger partial charge in [-0.1, -0.05) is 24.6 Å². The van der Waals surface area contributed by atoms with Crippen molar-refractivity contribution in [3.05, 3.63) is 28.8 Å². The van der Waals surface area contributed by atoms with Crippen molar-refractivity contribution in [2.45, 2.75) is 33.4 Å². The molecule has 3 nitrogen and oxygen atoms in total. The van der Waals surface area contributed by atoms with Gasteiger partial charge in [-0.15, -0.1) is 0 Å². The fraction of sp³-hybridized carbons (Fsp3) is 0.600. The third-order valence-corrected chi connectivity index (χ3v) is 3.48. The number of benzene rings is 1. The number of rotatable bonds is 8. The number of likely N-dealkylation sites (N-methyl/N-ethyl adjacent to an activating group) is 1. The highest BCUT2D eigenvalue weighted by Crippen LogP contribution is 2.28. The van der Waals surface area contributed by atoms with Gasteiger partial charge in [0.2, 0.25) is 0 Å². The lowest BCUT2D eigenvalue weighted by molar-refractivity contribution is 0.182. The van der Waals surface area contributed by atoms with Gasteiger partial charge in [-0.2, -0.15) is 0 Å². The molecular formula is C15H25ClN2O. The summed E-state index contributed by atoms with van der Waals surface area (Å²) >= 11 is 6.42. The van der Waals surface area contributed by atoms with Gasteiger partial charge in [0.05, 0.1) is 17.3 Å².